The highest BCUT2D eigenvalue weighted by Crippen LogP contribution is 2.16. The number of carbonyl (C=O) groups is 2. The van der Waals surface area contributed by atoms with Crippen molar-refractivity contribution < 1.29 is 19.4 Å². The first-order valence-electron chi connectivity index (χ1n) is 7.04. The molecule has 0 spiro atoms. The van der Waals surface area contributed by atoms with Crippen LogP contribution in [-0.4, -0.2) is 38.4 Å². The molecule has 0 aliphatic heterocycles. The van der Waals surface area contributed by atoms with Gasteiger partial charge in [0.15, 0.2) is 5.13 Å². The largest absolute Gasteiger partial charge is 0.480 e. The number of amides is 1. The number of carboxylic acid groups (broad SMARTS) is 1. The van der Waals surface area contributed by atoms with Gasteiger partial charge in [-0.25, -0.2) is 14.6 Å². The minimum absolute atomic E-state index is 0.126. The molecule has 124 valence electrons. The molecule has 2 aromatic heterocycles. The first-order chi connectivity index (χ1) is 10.8. The summed E-state index contributed by atoms with van der Waals surface area (Å²) < 4.78 is 6.91. The normalized spacial score (nSPS) is 12.7. The van der Waals surface area contributed by atoms with Gasteiger partial charge in [-0.1, -0.05) is 0 Å². The summed E-state index contributed by atoms with van der Waals surface area (Å²) in [6.45, 7) is 5.15. The Kier molecular flexibility index (Phi) is 5.05. The summed E-state index contributed by atoms with van der Waals surface area (Å²) in [6.07, 6.45) is 2.86. The number of ether oxygens (including phenoxy) is 1. The Morgan fingerprint density at radius 3 is 2.78 bits per heavy atom. The predicted octanol–water partition coefficient (Wildman–Crippen LogP) is 2.45. The van der Waals surface area contributed by atoms with Crippen LogP contribution in [0.15, 0.2) is 29.9 Å². The zero-order valence-electron chi connectivity index (χ0n) is 13.1. The zero-order chi connectivity index (χ0) is 17.0. The van der Waals surface area contributed by atoms with Crippen LogP contribution in [0.4, 0.5) is 4.79 Å². The van der Waals surface area contributed by atoms with E-state index in [2.05, 4.69) is 10.3 Å². The summed E-state index contributed by atoms with van der Waals surface area (Å²) in [5, 5.41) is 14.3. The van der Waals surface area contributed by atoms with E-state index in [4.69, 9.17) is 4.74 Å². The molecule has 0 aliphatic carbocycles. The summed E-state index contributed by atoms with van der Waals surface area (Å²) in [7, 11) is 0. The summed E-state index contributed by atoms with van der Waals surface area (Å²) in [5.74, 6) is -1.12. The van der Waals surface area contributed by atoms with Crippen LogP contribution in [0.3, 0.4) is 0 Å². The molecule has 0 radical (unpaired) electrons. The summed E-state index contributed by atoms with van der Waals surface area (Å²) in [4.78, 5) is 27.4. The standard InChI is InChI=1S/C15H19N3O4S/c1-15(2,3)22-14(21)17-11(12(19)20)9-10-5-4-7-18(10)13-16-6-8-23-13/h4-8,11H,9H2,1-3H3,(H,17,21)(H,19,20). The molecule has 7 nitrogen and oxygen atoms in total. The fourth-order valence-corrected chi connectivity index (χ4v) is 2.62. The Labute approximate surface area is 137 Å². The van der Waals surface area contributed by atoms with E-state index >= 15 is 0 Å². The SMILES string of the molecule is CC(C)(C)OC(=O)NC(Cc1cccn1-c1nccs1)C(=O)O. The van der Waals surface area contributed by atoms with Gasteiger partial charge in [0, 0.05) is 29.9 Å². The number of rotatable bonds is 5. The quantitative estimate of drug-likeness (QED) is 0.874. The highest BCUT2D eigenvalue weighted by atomic mass is 32.1. The van der Waals surface area contributed by atoms with Crippen molar-refractivity contribution >= 4 is 23.4 Å². The van der Waals surface area contributed by atoms with E-state index in [0.717, 1.165) is 10.8 Å². The van der Waals surface area contributed by atoms with Crippen LogP contribution in [0.1, 0.15) is 26.5 Å². The van der Waals surface area contributed by atoms with Crippen molar-refractivity contribution in [3.8, 4) is 5.13 Å². The van der Waals surface area contributed by atoms with E-state index in [1.807, 2.05) is 11.4 Å². The maximum atomic E-state index is 11.8. The second-order valence-corrected chi connectivity index (χ2v) is 6.80. The molecule has 0 saturated carbocycles. The maximum Gasteiger partial charge on any atom is 0.408 e. The van der Waals surface area contributed by atoms with Gasteiger partial charge in [0.2, 0.25) is 0 Å². The van der Waals surface area contributed by atoms with Crippen LogP contribution in [0.5, 0.6) is 0 Å². The van der Waals surface area contributed by atoms with E-state index in [1.54, 1.807) is 43.8 Å². The van der Waals surface area contributed by atoms with Crippen molar-refractivity contribution in [1.82, 2.24) is 14.9 Å². The van der Waals surface area contributed by atoms with Gasteiger partial charge >= 0.3 is 12.1 Å². The number of nitrogens with zero attached hydrogens (tertiary/aromatic N) is 2. The third kappa shape index (κ3) is 4.82. The second-order valence-electron chi connectivity index (χ2n) is 5.93. The van der Waals surface area contributed by atoms with Gasteiger partial charge in [-0.05, 0) is 32.9 Å². The molecule has 2 aromatic rings. The molecule has 2 N–H and O–H groups in total. The molecule has 1 unspecified atom stereocenters. The van der Waals surface area contributed by atoms with Crippen LogP contribution in [0.2, 0.25) is 0 Å². The van der Waals surface area contributed by atoms with E-state index in [9.17, 15) is 14.7 Å². The number of carbonyl (C=O) groups excluding carboxylic acids is 1. The van der Waals surface area contributed by atoms with Gasteiger partial charge in [0.25, 0.3) is 0 Å². The van der Waals surface area contributed by atoms with Gasteiger partial charge in [-0.15, -0.1) is 11.3 Å². The predicted molar refractivity (Wildman–Crippen MR) is 85.9 cm³/mol. The van der Waals surface area contributed by atoms with Crippen molar-refractivity contribution in [3.63, 3.8) is 0 Å². The lowest BCUT2D eigenvalue weighted by molar-refractivity contribution is -0.139. The average Bonchev–Trinajstić information content (AvgIpc) is 3.05. The lowest BCUT2D eigenvalue weighted by atomic mass is 10.1. The molecule has 0 aliphatic rings. The lowest BCUT2D eigenvalue weighted by Gasteiger charge is -2.22. The number of hydrogen-bond acceptors (Lipinski definition) is 5. The van der Waals surface area contributed by atoms with E-state index < -0.39 is 23.7 Å². The topological polar surface area (TPSA) is 93.5 Å². The monoisotopic (exact) mass is 337 g/mol. The maximum absolute atomic E-state index is 11.8. The third-order valence-corrected chi connectivity index (χ3v) is 3.63. The van der Waals surface area contributed by atoms with Crippen LogP contribution in [0.25, 0.3) is 5.13 Å². The van der Waals surface area contributed by atoms with E-state index in [1.165, 1.54) is 11.3 Å². The molecular weight excluding hydrogens is 318 g/mol. The Hall–Kier alpha value is -2.35. The molecule has 0 fully saturated rings. The van der Waals surface area contributed by atoms with Crippen LogP contribution < -0.4 is 5.32 Å². The fourth-order valence-electron chi connectivity index (χ4n) is 1.96. The number of thiazole rings is 1. The molecule has 0 bridgehead atoms. The Morgan fingerprint density at radius 1 is 1.48 bits per heavy atom. The average molecular weight is 337 g/mol. The van der Waals surface area contributed by atoms with Crippen LogP contribution in [0, 0.1) is 0 Å². The Balaban J connectivity index is 2.11. The van der Waals surface area contributed by atoms with Gasteiger partial charge in [0.05, 0.1) is 0 Å². The highest BCUT2D eigenvalue weighted by Gasteiger charge is 2.25. The highest BCUT2D eigenvalue weighted by molar-refractivity contribution is 7.12. The van der Waals surface area contributed by atoms with Crippen molar-refractivity contribution in [2.75, 3.05) is 0 Å². The molecule has 2 heterocycles. The molecule has 23 heavy (non-hydrogen) atoms. The van der Waals surface area contributed by atoms with Crippen molar-refractivity contribution in [3.05, 3.63) is 35.6 Å². The fraction of sp³-hybridized carbons (Fsp3) is 0.400. The Morgan fingerprint density at radius 2 is 2.22 bits per heavy atom. The van der Waals surface area contributed by atoms with Crippen molar-refractivity contribution in [2.24, 2.45) is 0 Å². The first kappa shape index (κ1) is 17.0. The number of alkyl carbamates (subject to hydrolysis) is 1. The number of aromatic nitrogens is 2. The molecule has 1 atom stereocenters. The molecule has 1 amide bonds. The van der Waals surface area contributed by atoms with Gasteiger partial charge in [0.1, 0.15) is 11.6 Å². The van der Waals surface area contributed by atoms with E-state index in [0.29, 0.717) is 0 Å². The van der Waals surface area contributed by atoms with Gasteiger partial charge < -0.3 is 15.2 Å². The number of carboxylic acids is 1. The lowest BCUT2D eigenvalue weighted by Crippen LogP contribution is -2.44. The number of nitrogens with one attached hydrogen (secondary N) is 1. The van der Waals surface area contributed by atoms with E-state index in [-0.39, 0.29) is 6.42 Å². The van der Waals surface area contributed by atoms with Gasteiger partial charge in [-0.2, -0.15) is 0 Å². The zero-order valence-corrected chi connectivity index (χ0v) is 14.0. The van der Waals surface area contributed by atoms with Crippen LogP contribution in [-0.2, 0) is 16.0 Å². The molecule has 0 aromatic carbocycles. The minimum Gasteiger partial charge on any atom is -0.480 e. The van der Waals surface area contributed by atoms with Gasteiger partial charge in [-0.3, -0.25) is 4.57 Å². The second kappa shape index (κ2) is 6.82. The van der Waals surface area contributed by atoms with Crippen molar-refractivity contribution in [1.29, 1.82) is 0 Å². The molecular formula is C15H19N3O4S. The molecule has 8 heteroatoms. The smallest absolute Gasteiger partial charge is 0.408 e. The first-order valence-corrected chi connectivity index (χ1v) is 7.92. The van der Waals surface area contributed by atoms with Crippen LogP contribution >= 0.6 is 11.3 Å². The third-order valence-electron chi connectivity index (χ3n) is 2.86. The minimum atomic E-state index is -1.12. The summed E-state index contributed by atoms with van der Waals surface area (Å²) in [6, 6.07) is 2.52. The summed E-state index contributed by atoms with van der Waals surface area (Å²) in [5.41, 5.74) is 0.0530. The molecule has 0 saturated heterocycles. The molecule has 2 rings (SSSR count). The number of aliphatic carboxylic acids is 1. The summed E-state index contributed by atoms with van der Waals surface area (Å²) >= 11 is 1.44. The van der Waals surface area contributed by atoms with Crippen molar-refractivity contribution in [2.45, 2.75) is 38.8 Å². The number of hydrogen-bond donors (Lipinski definition) is 2. The Bertz CT molecular complexity index is 673.